The van der Waals surface area contributed by atoms with Crippen LogP contribution < -0.4 is 4.74 Å². The SMILES string of the molecule is CCCc1cc(OCCSC(C)(C)C)c(C(=O)O)s1. The monoisotopic (exact) mass is 302 g/mol. The summed E-state index contributed by atoms with van der Waals surface area (Å²) in [5.74, 6) is 0.489. The molecule has 1 heterocycles. The molecule has 1 aromatic heterocycles. The molecule has 0 aliphatic carbocycles. The normalized spacial score (nSPS) is 11.6. The minimum Gasteiger partial charge on any atom is -0.491 e. The van der Waals surface area contributed by atoms with E-state index in [0.717, 1.165) is 23.5 Å². The fourth-order valence-electron chi connectivity index (χ4n) is 1.55. The second-order valence-corrected chi connectivity index (χ2v) is 8.33. The number of aromatic carboxylic acids is 1. The molecule has 0 saturated carbocycles. The van der Waals surface area contributed by atoms with Gasteiger partial charge in [-0.1, -0.05) is 34.1 Å². The Balaban J connectivity index is 2.58. The molecule has 0 aliphatic heterocycles. The van der Waals surface area contributed by atoms with Gasteiger partial charge in [0.05, 0.1) is 6.61 Å². The molecule has 0 atom stereocenters. The fourth-order valence-corrected chi connectivity index (χ4v) is 3.37. The minimum atomic E-state index is -0.897. The van der Waals surface area contributed by atoms with Crippen LogP contribution in [0.3, 0.4) is 0 Å². The van der Waals surface area contributed by atoms with Crippen molar-refractivity contribution in [1.82, 2.24) is 0 Å². The lowest BCUT2D eigenvalue weighted by Crippen LogP contribution is -2.12. The number of thioether (sulfide) groups is 1. The quantitative estimate of drug-likeness (QED) is 0.762. The van der Waals surface area contributed by atoms with Gasteiger partial charge in [-0.15, -0.1) is 11.3 Å². The van der Waals surface area contributed by atoms with Gasteiger partial charge >= 0.3 is 5.97 Å². The standard InChI is InChI=1S/C14H22O3S2/c1-5-6-10-9-11(12(19-10)13(15)16)17-7-8-18-14(2,3)4/h9H,5-8H2,1-4H3,(H,15,16). The first-order valence-corrected chi connectivity index (χ1v) is 8.26. The first-order chi connectivity index (χ1) is 8.83. The molecule has 1 aromatic rings. The van der Waals surface area contributed by atoms with E-state index in [9.17, 15) is 4.79 Å². The van der Waals surface area contributed by atoms with Gasteiger partial charge in [-0.05, 0) is 12.5 Å². The van der Waals surface area contributed by atoms with Crippen LogP contribution in [0.25, 0.3) is 0 Å². The van der Waals surface area contributed by atoms with E-state index < -0.39 is 5.97 Å². The molecule has 0 unspecified atom stereocenters. The van der Waals surface area contributed by atoms with Crippen molar-refractivity contribution in [3.05, 3.63) is 15.8 Å². The molecule has 3 nitrogen and oxygen atoms in total. The number of hydrogen-bond donors (Lipinski definition) is 1. The Morgan fingerprint density at radius 1 is 1.47 bits per heavy atom. The van der Waals surface area contributed by atoms with Crippen LogP contribution in [0.1, 0.15) is 48.7 Å². The van der Waals surface area contributed by atoms with Gasteiger partial charge in [0.25, 0.3) is 0 Å². The molecule has 0 amide bonds. The first-order valence-electron chi connectivity index (χ1n) is 6.46. The summed E-state index contributed by atoms with van der Waals surface area (Å²) in [6.07, 6.45) is 1.92. The van der Waals surface area contributed by atoms with E-state index in [4.69, 9.17) is 9.84 Å². The van der Waals surface area contributed by atoms with Gasteiger partial charge in [0.1, 0.15) is 5.75 Å². The molecule has 0 fully saturated rings. The number of hydrogen-bond acceptors (Lipinski definition) is 4. The third-order valence-electron chi connectivity index (χ3n) is 2.32. The van der Waals surface area contributed by atoms with Gasteiger partial charge < -0.3 is 9.84 Å². The van der Waals surface area contributed by atoms with E-state index in [1.807, 2.05) is 17.8 Å². The highest BCUT2D eigenvalue weighted by molar-refractivity contribution is 8.00. The minimum absolute atomic E-state index is 0.209. The van der Waals surface area contributed by atoms with Crippen molar-refractivity contribution in [2.75, 3.05) is 12.4 Å². The molecule has 1 rings (SSSR count). The zero-order valence-electron chi connectivity index (χ0n) is 12.0. The van der Waals surface area contributed by atoms with Crippen molar-refractivity contribution in [2.45, 2.75) is 45.3 Å². The molecular weight excluding hydrogens is 280 g/mol. The highest BCUT2D eigenvalue weighted by Gasteiger charge is 2.17. The van der Waals surface area contributed by atoms with Crippen molar-refractivity contribution < 1.29 is 14.6 Å². The number of ether oxygens (including phenoxy) is 1. The predicted molar refractivity (Wildman–Crippen MR) is 83.0 cm³/mol. The van der Waals surface area contributed by atoms with Crippen LogP contribution in [0.4, 0.5) is 0 Å². The molecule has 108 valence electrons. The zero-order valence-corrected chi connectivity index (χ0v) is 13.6. The summed E-state index contributed by atoms with van der Waals surface area (Å²) in [5, 5.41) is 9.16. The van der Waals surface area contributed by atoms with Crippen LogP contribution in [-0.4, -0.2) is 28.2 Å². The molecule has 0 saturated heterocycles. The summed E-state index contributed by atoms with van der Waals surface area (Å²) in [4.78, 5) is 12.6. The Bertz CT molecular complexity index is 419. The van der Waals surface area contributed by atoms with Crippen molar-refractivity contribution in [1.29, 1.82) is 0 Å². The average molecular weight is 302 g/mol. The molecule has 0 bridgehead atoms. The maximum absolute atomic E-state index is 11.2. The first kappa shape index (κ1) is 16.4. The van der Waals surface area contributed by atoms with E-state index in [0.29, 0.717) is 17.2 Å². The number of rotatable bonds is 7. The molecule has 0 aromatic carbocycles. The number of carboxylic acid groups (broad SMARTS) is 1. The Morgan fingerprint density at radius 3 is 2.68 bits per heavy atom. The lowest BCUT2D eigenvalue weighted by molar-refractivity contribution is 0.0698. The molecule has 0 radical (unpaired) electrons. The summed E-state index contributed by atoms with van der Waals surface area (Å²) in [6, 6.07) is 1.87. The molecule has 0 spiro atoms. The smallest absolute Gasteiger partial charge is 0.349 e. The zero-order chi connectivity index (χ0) is 14.5. The maximum atomic E-state index is 11.2. The average Bonchev–Trinajstić information content (AvgIpc) is 2.67. The topological polar surface area (TPSA) is 46.5 Å². The molecule has 1 N–H and O–H groups in total. The highest BCUT2D eigenvalue weighted by Crippen LogP contribution is 2.31. The van der Waals surface area contributed by atoms with Crippen molar-refractivity contribution in [2.24, 2.45) is 0 Å². The van der Waals surface area contributed by atoms with Gasteiger partial charge in [-0.3, -0.25) is 0 Å². The number of thiophene rings is 1. The van der Waals surface area contributed by atoms with Crippen LogP contribution in [0.2, 0.25) is 0 Å². The second-order valence-electron chi connectivity index (χ2n) is 5.27. The molecule has 19 heavy (non-hydrogen) atoms. The van der Waals surface area contributed by atoms with Crippen molar-refractivity contribution in [3.8, 4) is 5.75 Å². The summed E-state index contributed by atoms with van der Waals surface area (Å²) in [6.45, 7) is 9.10. The summed E-state index contributed by atoms with van der Waals surface area (Å²) in [7, 11) is 0. The van der Waals surface area contributed by atoms with E-state index in [-0.39, 0.29) is 4.75 Å². The summed E-state index contributed by atoms with van der Waals surface area (Å²) >= 11 is 3.14. The Hall–Kier alpha value is -0.680. The summed E-state index contributed by atoms with van der Waals surface area (Å²) in [5.41, 5.74) is 0. The van der Waals surface area contributed by atoms with E-state index >= 15 is 0 Å². The number of carboxylic acids is 1. The van der Waals surface area contributed by atoms with Crippen LogP contribution >= 0.6 is 23.1 Å². The fraction of sp³-hybridized carbons (Fsp3) is 0.643. The highest BCUT2D eigenvalue weighted by atomic mass is 32.2. The predicted octanol–water partition coefficient (Wildman–Crippen LogP) is 4.31. The largest absolute Gasteiger partial charge is 0.491 e. The van der Waals surface area contributed by atoms with Crippen LogP contribution in [0, 0.1) is 0 Å². The molecular formula is C14H22O3S2. The molecule has 5 heteroatoms. The van der Waals surface area contributed by atoms with Gasteiger partial charge in [0, 0.05) is 15.4 Å². The Morgan fingerprint density at radius 2 is 2.16 bits per heavy atom. The third kappa shape index (κ3) is 5.87. The van der Waals surface area contributed by atoms with Crippen LogP contribution in [0.15, 0.2) is 6.07 Å². The third-order valence-corrected chi connectivity index (χ3v) is 4.72. The Labute approximate surface area is 123 Å². The maximum Gasteiger partial charge on any atom is 0.349 e. The number of carbonyl (C=O) groups is 1. The Kier molecular flexibility index (Phi) is 6.20. The van der Waals surface area contributed by atoms with E-state index in [1.165, 1.54) is 11.3 Å². The van der Waals surface area contributed by atoms with Gasteiger partial charge in [0.15, 0.2) is 4.88 Å². The van der Waals surface area contributed by atoms with Crippen molar-refractivity contribution in [3.63, 3.8) is 0 Å². The molecule has 0 aliphatic rings. The lowest BCUT2D eigenvalue weighted by Gasteiger charge is -2.17. The van der Waals surface area contributed by atoms with Gasteiger partial charge in [-0.2, -0.15) is 11.8 Å². The van der Waals surface area contributed by atoms with Gasteiger partial charge in [-0.25, -0.2) is 4.79 Å². The van der Waals surface area contributed by atoms with Crippen LogP contribution in [-0.2, 0) is 6.42 Å². The number of aryl methyl sites for hydroxylation is 1. The summed E-state index contributed by atoms with van der Waals surface area (Å²) < 4.78 is 5.84. The van der Waals surface area contributed by atoms with E-state index in [1.54, 1.807) is 0 Å². The second kappa shape index (κ2) is 7.20. The van der Waals surface area contributed by atoms with Crippen molar-refractivity contribution >= 4 is 29.1 Å². The van der Waals surface area contributed by atoms with Crippen LogP contribution in [0.5, 0.6) is 5.75 Å². The lowest BCUT2D eigenvalue weighted by atomic mass is 10.3. The van der Waals surface area contributed by atoms with E-state index in [2.05, 4.69) is 27.7 Å². The van der Waals surface area contributed by atoms with Gasteiger partial charge in [0.2, 0.25) is 0 Å².